The highest BCUT2D eigenvalue weighted by Crippen LogP contribution is 2.16. The molecule has 1 aromatic carbocycles. The molecule has 0 saturated carbocycles. The highest BCUT2D eigenvalue weighted by atomic mass is 35.5. The quantitative estimate of drug-likeness (QED) is 0.850. The zero-order valence-corrected chi connectivity index (χ0v) is 11.2. The van der Waals surface area contributed by atoms with Gasteiger partial charge in [-0.25, -0.2) is 4.39 Å². The van der Waals surface area contributed by atoms with Crippen LogP contribution in [0.15, 0.2) is 18.2 Å². The van der Waals surface area contributed by atoms with Crippen LogP contribution in [0.4, 0.5) is 4.39 Å². The lowest BCUT2D eigenvalue weighted by atomic mass is 10.1. The van der Waals surface area contributed by atoms with E-state index in [9.17, 15) is 4.39 Å². The second-order valence-corrected chi connectivity index (χ2v) is 4.97. The van der Waals surface area contributed by atoms with Crippen molar-refractivity contribution in [3.8, 4) is 0 Å². The van der Waals surface area contributed by atoms with Gasteiger partial charge < -0.3 is 10.6 Å². The van der Waals surface area contributed by atoms with Gasteiger partial charge in [0, 0.05) is 12.6 Å². The SMILES string of the molecule is CC(N)CCN(C)CCc1ccc(F)c(Cl)c1. The fourth-order valence-corrected chi connectivity index (χ4v) is 1.75. The van der Waals surface area contributed by atoms with Gasteiger partial charge >= 0.3 is 0 Å². The zero-order chi connectivity index (χ0) is 12.8. The molecule has 4 heteroatoms. The molecule has 2 N–H and O–H groups in total. The molecule has 0 fully saturated rings. The van der Waals surface area contributed by atoms with Crippen LogP contribution in [0.2, 0.25) is 5.02 Å². The van der Waals surface area contributed by atoms with Crippen LogP contribution in [-0.4, -0.2) is 31.1 Å². The molecule has 0 heterocycles. The number of nitrogens with two attached hydrogens (primary N) is 1. The third-order valence-corrected chi connectivity index (χ3v) is 3.02. The summed E-state index contributed by atoms with van der Waals surface area (Å²) in [4.78, 5) is 2.22. The molecular formula is C13H20ClFN2. The smallest absolute Gasteiger partial charge is 0.141 e. The van der Waals surface area contributed by atoms with Gasteiger partial charge in [0.25, 0.3) is 0 Å². The summed E-state index contributed by atoms with van der Waals surface area (Å²) in [7, 11) is 2.06. The van der Waals surface area contributed by atoms with Crippen LogP contribution >= 0.6 is 11.6 Å². The van der Waals surface area contributed by atoms with Gasteiger partial charge in [-0.15, -0.1) is 0 Å². The maximum absolute atomic E-state index is 13.0. The number of hydrogen-bond acceptors (Lipinski definition) is 2. The van der Waals surface area contributed by atoms with Crippen LogP contribution in [0.5, 0.6) is 0 Å². The summed E-state index contributed by atoms with van der Waals surface area (Å²) < 4.78 is 13.0. The van der Waals surface area contributed by atoms with E-state index < -0.39 is 0 Å². The van der Waals surface area contributed by atoms with Crippen molar-refractivity contribution >= 4 is 11.6 Å². The molecule has 0 saturated heterocycles. The summed E-state index contributed by atoms with van der Waals surface area (Å²) in [6, 6.07) is 5.12. The van der Waals surface area contributed by atoms with Gasteiger partial charge in [-0.2, -0.15) is 0 Å². The first-order chi connectivity index (χ1) is 7.99. The maximum atomic E-state index is 13.0. The molecule has 17 heavy (non-hydrogen) atoms. The van der Waals surface area contributed by atoms with Crippen molar-refractivity contribution in [1.29, 1.82) is 0 Å². The van der Waals surface area contributed by atoms with Crippen LogP contribution in [0.25, 0.3) is 0 Å². The number of hydrogen-bond donors (Lipinski definition) is 1. The molecule has 0 aliphatic carbocycles. The van der Waals surface area contributed by atoms with Crippen molar-refractivity contribution < 1.29 is 4.39 Å². The standard InChI is InChI=1S/C13H20ClFN2/c1-10(16)5-7-17(2)8-6-11-3-4-13(15)12(14)9-11/h3-4,9-10H,5-8,16H2,1-2H3. The lowest BCUT2D eigenvalue weighted by molar-refractivity contribution is 0.324. The predicted molar refractivity (Wildman–Crippen MR) is 70.9 cm³/mol. The second-order valence-electron chi connectivity index (χ2n) is 4.57. The Kier molecular flexibility index (Phi) is 5.89. The topological polar surface area (TPSA) is 29.3 Å². The first kappa shape index (κ1) is 14.4. The van der Waals surface area contributed by atoms with E-state index in [2.05, 4.69) is 11.9 Å². The van der Waals surface area contributed by atoms with Crippen LogP contribution in [0.1, 0.15) is 18.9 Å². The van der Waals surface area contributed by atoms with E-state index in [1.165, 1.54) is 6.07 Å². The van der Waals surface area contributed by atoms with Crippen LogP contribution in [0, 0.1) is 5.82 Å². The summed E-state index contributed by atoms with van der Waals surface area (Å²) in [5.74, 6) is -0.360. The molecule has 0 spiro atoms. The molecular weight excluding hydrogens is 239 g/mol. The summed E-state index contributed by atoms with van der Waals surface area (Å²) in [5.41, 5.74) is 6.76. The van der Waals surface area contributed by atoms with Crippen molar-refractivity contribution in [1.82, 2.24) is 4.90 Å². The van der Waals surface area contributed by atoms with Gasteiger partial charge in [0.05, 0.1) is 5.02 Å². The van der Waals surface area contributed by atoms with Gasteiger partial charge in [-0.05, 0) is 51.1 Å². The van der Waals surface area contributed by atoms with E-state index in [0.717, 1.165) is 31.5 Å². The highest BCUT2D eigenvalue weighted by Gasteiger charge is 2.04. The van der Waals surface area contributed by atoms with Crippen LogP contribution < -0.4 is 5.73 Å². The van der Waals surface area contributed by atoms with Gasteiger partial charge in [-0.3, -0.25) is 0 Å². The normalized spacial score (nSPS) is 13.1. The summed E-state index contributed by atoms with van der Waals surface area (Å²) in [5, 5.41) is 0.195. The molecule has 0 amide bonds. The van der Waals surface area contributed by atoms with E-state index in [0.29, 0.717) is 0 Å². The molecule has 1 unspecified atom stereocenters. The van der Waals surface area contributed by atoms with E-state index in [4.69, 9.17) is 17.3 Å². The van der Waals surface area contributed by atoms with E-state index in [1.807, 2.05) is 6.92 Å². The summed E-state index contributed by atoms with van der Waals surface area (Å²) in [6.07, 6.45) is 1.86. The molecule has 1 atom stereocenters. The first-order valence-corrected chi connectivity index (χ1v) is 6.25. The zero-order valence-electron chi connectivity index (χ0n) is 10.4. The molecule has 0 bridgehead atoms. The molecule has 2 nitrogen and oxygen atoms in total. The van der Waals surface area contributed by atoms with Gasteiger partial charge in [0.15, 0.2) is 0 Å². The number of likely N-dealkylation sites (N-methyl/N-ethyl adjacent to an activating group) is 1. The maximum Gasteiger partial charge on any atom is 0.141 e. The minimum absolute atomic E-state index is 0.195. The predicted octanol–water partition coefficient (Wildman–Crippen LogP) is 2.69. The first-order valence-electron chi connectivity index (χ1n) is 5.87. The number of benzene rings is 1. The molecule has 0 radical (unpaired) electrons. The molecule has 0 aromatic heterocycles. The van der Waals surface area contributed by atoms with Crippen molar-refractivity contribution in [3.63, 3.8) is 0 Å². The largest absolute Gasteiger partial charge is 0.328 e. The number of nitrogens with zero attached hydrogens (tertiary/aromatic N) is 1. The monoisotopic (exact) mass is 258 g/mol. The van der Waals surface area contributed by atoms with Crippen molar-refractivity contribution in [2.24, 2.45) is 5.73 Å². The third-order valence-electron chi connectivity index (χ3n) is 2.73. The van der Waals surface area contributed by atoms with E-state index in [1.54, 1.807) is 12.1 Å². The van der Waals surface area contributed by atoms with Crippen molar-refractivity contribution in [2.45, 2.75) is 25.8 Å². The third kappa shape index (κ3) is 5.48. The molecule has 1 aromatic rings. The Labute approximate surface area is 108 Å². The Bertz CT molecular complexity index is 355. The minimum atomic E-state index is -0.360. The Morgan fingerprint density at radius 1 is 1.41 bits per heavy atom. The average Bonchev–Trinajstić information content (AvgIpc) is 2.28. The lowest BCUT2D eigenvalue weighted by Gasteiger charge is -2.17. The molecule has 0 aliphatic rings. The Morgan fingerprint density at radius 2 is 2.12 bits per heavy atom. The lowest BCUT2D eigenvalue weighted by Crippen LogP contribution is -2.27. The Morgan fingerprint density at radius 3 is 2.71 bits per heavy atom. The number of rotatable bonds is 6. The molecule has 96 valence electrons. The number of halogens is 2. The average molecular weight is 259 g/mol. The van der Waals surface area contributed by atoms with Gasteiger partial charge in [-0.1, -0.05) is 17.7 Å². The summed E-state index contributed by atoms with van der Waals surface area (Å²) in [6.45, 7) is 3.91. The van der Waals surface area contributed by atoms with Crippen LogP contribution in [-0.2, 0) is 6.42 Å². The fraction of sp³-hybridized carbons (Fsp3) is 0.538. The highest BCUT2D eigenvalue weighted by molar-refractivity contribution is 6.30. The van der Waals surface area contributed by atoms with E-state index in [-0.39, 0.29) is 16.9 Å². The Balaban J connectivity index is 2.36. The van der Waals surface area contributed by atoms with Gasteiger partial charge in [0.2, 0.25) is 0 Å². The molecule has 1 rings (SSSR count). The summed E-state index contributed by atoms with van der Waals surface area (Å²) >= 11 is 5.73. The van der Waals surface area contributed by atoms with Gasteiger partial charge in [0.1, 0.15) is 5.82 Å². The second kappa shape index (κ2) is 6.94. The van der Waals surface area contributed by atoms with Crippen molar-refractivity contribution in [3.05, 3.63) is 34.6 Å². The molecule has 0 aliphatic heterocycles. The van der Waals surface area contributed by atoms with E-state index >= 15 is 0 Å². The minimum Gasteiger partial charge on any atom is -0.328 e. The fourth-order valence-electron chi connectivity index (χ4n) is 1.55. The van der Waals surface area contributed by atoms with Crippen molar-refractivity contribution in [2.75, 3.05) is 20.1 Å². The van der Waals surface area contributed by atoms with Crippen LogP contribution in [0.3, 0.4) is 0 Å². The Hall–Kier alpha value is -0.640.